The Morgan fingerprint density at radius 1 is 0.947 bits per heavy atom. The number of nitrogens with zero attached hydrogens (tertiary/aromatic N) is 1. The maximum atomic E-state index is 13.5. The van der Waals surface area contributed by atoms with Crippen LogP contribution in [0.15, 0.2) is 94.2 Å². The van der Waals surface area contributed by atoms with Gasteiger partial charge in [-0.05, 0) is 80.9 Å². The Morgan fingerprint density at radius 2 is 1.66 bits per heavy atom. The number of aryl methyl sites for hydroxylation is 1. The predicted octanol–water partition coefficient (Wildman–Crippen LogP) is 5.82. The highest BCUT2D eigenvalue weighted by Gasteiger charge is 2.23. The third-order valence-electron chi connectivity index (χ3n) is 6.56. The number of ether oxygens (including phenoxy) is 1. The van der Waals surface area contributed by atoms with Crippen molar-refractivity contribution in [2.45, 2.75) is 44.4 Å². The molecule has 1 aliphatic heterocycles. The topological polar surface area (TPSA) is 83.8 Å². The number of furan rings is 1. The summed E-state index contributed by atoms with van der Waals surface area (Å²) in [5.74, 6) is 1.97. The largest absolute Gasteiger partial charge is 0.487 e. The Morgan fingerprint density at radius 3 is 2.32 bits per heavy atom. The third kappa shape index (κ3) is 6.03. The Kier molecular flexibility index (Phi) is 7.44. The molecule has 1 fully saturated rings. The van der Waals surface area contributed by atoms with Crippen molar-refractivity contribution in [3.63, 3.8) is 0 Å². The lowest BCUT2D eigenvalue weighted by atomic mass is 10.1. The molecule has 0 radical (unpaired) electrons. The molecule has 0 saturated carbocycles. The zero-order valence-corrected chi connectivity index (χ0v) is 22.7. The third-order valence-corrected chi connectivity index (χ3v) is 7.94. The summed E-state index contributed by atoms with van der Waals surface area (Å²) in [6.45, 7) is 8.16. The summed E-state index contributed by atoms with van der Waals surface area (Å²) in [5, 5.41) is 3.54. The quantitative estimate of drug-likeness (QED) is 0.298. The molecule has 38 heavy (non-hydrogen) atoms. The Bertz CT molecular complexity index is 1470. The van der Waals surface area contributed by atoms with Crippen molar-refractivity contribution in [1.29, 1.82) is 0 Å². The van der Waals surface area contributed by atoms with Gasteiger partial charge in [0.2, 0.25) is 0 Å². The minimum absolute atomic E-state index is 0.161. The van der Waals surface area contributed by atoms with E-state index in [1.165, 1.54) is 0 Å². The molecule has 3 aromatic carbocycles. The van der Waals surface area contributed by atoms with Crippen molar-refractivity contribution in [1.82, 2.24) is 5.32 Å². The van der Waals surface area contributed by atoms with Gasteiger partial charge in [-0.2, -0.15) is 0 Å². The monoisotopic (exact) mass is 531 g/mol. The molecule has 4 aromatic rings. The van der Waals surface area contributed by atoms with Crippen molar-refractivity contribution in [3.05, 3.63) is 96.3 Å². The second kappa shape index (κ2) is 10.9. The highest BCUT2D eigenvalue weighted by Crippen LogP contribution is 2.33. The first-order valence-electron chi connectivity index (χ1n) is 12.8. The van der Waals surface area contributed by atoms with E-state index in [1.807, 2.05) is 67.6 Å². The van der Waals surface area contributed by atoms with Gasteiger partial charge in [0.05, 0.1) is 10.6 Å². The maximum absolute atomic E-state index is 13.5. The normalized spacial score (nSPS) is 17.8. The molecular weight excluding hydrogens is 498 g/mol. The van der Waals surface area contributed by atoms with Gasteiger partial charge in [-0.25, -0.2) is 8.42 Å². The average Bonchev–Trinajstić information content (AvgIpc) is 3.34. The highest BCUT2D eigenvalue weighted by atomic mass is 32.2. The van der Waals surface area contributed by atoms with Crippen molar-refractivity contribution in [2.24, 2.45) is 0 Å². The van der Waals surface area contributed by atoms with Crippen LogP contribution in [0.4, 0.5) is 11.4 Å². The van der Waals surface area contributed by atoms with Crippen molar-refractivity contribution >= 4 is 21.4 Å². The number of piperazine rings is 1. The SMILES string of the molecule is Cc1ccc(-c2ccc(S(=O)(=O)Nc3cc(N4CC(C)NC(C)C4)ccc3OCc3ccccc3)cc2)o1. The van der Waals surface area contributed by atoms with E-state index in [0.717, 1.165) is 35.7 Å². The Hall–Kier alpha value is -3.75. The first kappa shape index (κ1) is 25.9. The van der Waals surface area contributed by atoms with Crippen LogP contribution in [0.5, 0.6) is 5.75 Å². The molecule has 5 rings (SSSR count). The fourth-order valence-electron chi connectivity index (χ4n) is 4.78. The fourth-order valence-corrected chi connectivity index (χ4v) is 5.85. The molecule has 1 aliphatic rings. The lowest BCUT2D eigenvalue weighted by Crippen LogP contribution is -2.54. The van der Waals surface area contributed by atoms with E-state index in [1.54, 1.807) is 24.3 Å². The van der Waals surface area contributed by atoms with Gasteiger partial charge >= 0.3 is 0 Å². The molecule has 1 saturated heterocycles. The van der Waals surface area contributed by atoms with Crippen LogP contribution in [0.2, 0.25) is 0 Å². The van der Waals surface area contributed by atoms with Gasteiger partial charge in [-0.3, -0.25) is 4.72 Å². The van der Waals surface area contributed by atoms with E-state index in [4.69, 9.17) is 9.15 Å². The maximum Gasteiger partial charge on any atom is 0.262 e. The minimum Gasteiger partial charge on any atom is -0.487 e. The molecule has 2 atom stereocenters. The second-order valence-corrected chi connectivity index (χ2v) is 11.6. The van der Waals surface area contributed by atoms with Crippen LogP contribution >= 0.6 is 0 Å². The smallest absolute Gasteiger partial charge is 0.262 e. The number of hydrogen-bond acceptors (Lipinski definition) is 6. The zero-order valence-electron chi connectivity index (χ0n) is 21.8. The number of nitrogens with one attached hydrogen (secondary N) is 2. The van der Waals surface area contributed by atoms with E-state index in [-0.39, 0.29) is 4.90 Å². The van der Waals surface area contributed by atoms with Crippen molar-refractivity contribution < 1.29 is 17.6 Å². The van der Waals surface area contributed by atoms with Gasteiger partial charge < -0.3 is 19.4 Å². The fraction of sp³-hybridized carbons (Fsp3) is 0.267. The summed E-state index contributed by atoms with van der Waals surface area (Å²) in [4.78, 5) is 2.43. The van der Waals surface area contributed by atoms with E-state index >= 15 is 0 Å². The van der Waals surface area contributed by atoms with Crippen molar-refractivity contribution in [3.8, 4) is 17.1 Å². The number of anilines is 2. The molecule has 8 heteroatoms. The first-order valence-corrected chi connectivity index (χ1v) is 14.3. The minimum atomic E-state index is -3.87. The number of hydrogen-bond donors (Lipinski definition) is 2. The number of sulfonamides is 1. The molecule has 0 aliphatic carbocycles. The van der Waals surface area contributed by atoms with Crippen LogP contribution in [0, 0.1) is 6.92 Å². The lowest BCUT2D eigenvalue weighted by Gasteiger charge is -2.38. The second-order valence-electron chi connectivity index (χ2n) is 9.87. The van der Waals surface area contributed by atoms with Gasteiger partial charge in [0.25, 0.3) is 10.0 Å². The Balaban J connectivity index is 1.43. The van der Waals surface area contributed by atoms with Crippen molar-refractivity contribution in [2.75, 3.05) is 22.7 Å². The summed E-state index contributed by atoms with van der Waals surface area (Å²) >= 11 is 0. The lowest BCUT2D eigenvalue weighted by molar-refractivity contribution is 0.308. The van der Waals surface area contributed by atoms with Gasteiger partial charge in [0.15, 0.2) is 0 Å². The number of rotatable bonds is 8. The average molecular weight is 532 g/mol. The van der Waals surface area contributed by atoms with Crippen LogP contribution in [0.3, 0.4) is 0 Å². The molecule has 2 N–H and O–H groups in total. The molecule has 7 nitrogen and oxygen atoms in total. The summed E-state index contributed by atoms with van der Waals surface area (Å²) in [5.41, 5.74) is 3.16. The van der Waals surface area contributed by atoms with Crippen LogP contribution in [0.25, 0.3) is 11.3 Å². The molecule has 1 aromatic heterocycles. The molecule has 2 heterocycles. The van der Waals surface area contributed by atoms with Crippen LogP contribution in [-0.4, -0.2) is 33.6 Å². The molecule has 0 spiro atoms. The molecular formula is C30H33N3O4S. The first-order chi connectivity index (χ1) is 18.3. The summed E-state index contributed by atoms with van der Waals surface area (Å²) in [6.07, 6.45) is 0. The van der Waals surface area contributed by atoms with E-state index < -0.39 is 10.0 Å². The molecule has 198 valence electrons. The summed E-state index contributed by atoms with van der Waals surface area (Å²) in [6, 6.07) is 26.6. The van der Waals surface area contributed by atoms with Crippen LogP contribution in [0.1, 0.15) is 25.2 Å². The predicted molar refractivity (Wildman–Crippen MR) is 151 cm³/mol. The molecule has 2 unspecified atom stereocenters. The van der Waals surface area contributed by atoms with Gasteiger partial charge in [0.1, 0.15) is 23.9 Å². The van der Waals surface area contributed by atoms with Gasteiger partial charge in [-0.1, -0.05) is 30.3 Å². The number of benzene rings is 3. The van der Waals surface area contributed by atoms with E-state index in [9.17, 15) is 8.42 Å². The highest BCUT2D eigenvalue weighted by molar-refractivity contribution is 7.92. The van der Waals surface area contributed by atoms with Gasteiger partial charge in [0, 0.05) is 36.4 Å². The summed E-state index contributed by atoms with van der Waals surface area (Å²) in [7, 11) is -3.87. The van der Waals surface area contributed by atoms with E-state index in [2.05, 4.69) is 28.8 Å². The molecule has 0 bridgehead atoms. The van der Waals surface area contributed by atoms with Gasteiger partial charge in [-0.15, -0.1) is 0 Å². The summed E-state index contributed by atoms with van der Waals surface area (Å²) < 4.78 is 41.5. The Labute approximate surface area is 224 Å². The van der Waals surface area contributed by atoms with E-state index in [0.29, 0.717) is 35.9 Å². The van der Waals surface area contributed by atoms with Crippen LogP contribution < -0.4 is 19.7 Å². The standard InChI is InChI=1S/C30H33N3O4S/c1-21-18-33(19-22(2)31-21)26-12-16-30(36-20-24-7-5-4-6-8-24)28(17-26)32-38(34,35)27-13-10-25(11-14-27)29-15-9-23(3)37-29/h4-17,21-22,31-32H,18-20H2,1-3H3. The molecule has 0 amide bonds. The van der Waals surface area contributed by atoms with Crippen LogP contribution in [-0.2, 0) is 16.6 Å². The zero-order chi connectivity index (χ0) is 26.7.